The second kappa shape index (κ2) is 6.45. The Morgan fingerprint density at radius 1 is 1.17 bits per heavy atom. The minimum Gasteiger partial charge on any atom is -0.474 e. The minimum absolute atomic E-state index is 0.108. The Balaban J connectivity index is 1.80. The fraction of sp³-hybridized carbons (Fsp3) is 0.125. The van der Waals surface area contributed by atoms with E-state index in [0.29, 0.717) is 5.56 Å². The van der Waals surface area contributed by atoms with Crippen LogP contribution in [0.1, 0.15) is 18.9 Å². The van der Waals surface area contributed by atoms with Crippen molar-refractivity contribution in [2.45, 2.75) is 13.0 Å². The van der Waals surface area contributed by atoms with Gasteiger partial charge in [-0.1, -0.05) is 12.1 Å². The molecular formula is C16H12FN3O4. The van der Waals surface area contributed by atoms with Gasteiger partial charge in [-0.3, -0.25) is 10.1 Å². The SMILES string of the molecule is C[C@H](Oc1ccccc1[N+](=O)[O-])c1nnc(-c2ccc(F)cc2)o1. The highest BCUT2D eigenvalue weighted by Gasteiger charge is 2.21. The van der Waals surface area contributed by atoms with Crippen molar-refractivity contribution >= 4 is 5.69 Å². The van der Waals surface area contributed by atoms with Crippen molar-refractivity contribution in [1.82, 2.24) is 10.2 Å². The highest BCUT2D eigenvalue weighted by Crippen LogP contribution is 2.30. The van der Waals surface area contributed by atoms with Gasteiger partial charge in [0.2, 0.25) is 5.89 Å². The van der Waals surface area contributed by atoms with E-state index in [1.807, 2.05) is 0 Å². The number of hydrogen-bond donors (Lipinski definition) is 0. The first kappa shape index (κ1) is 15.6. The van der Waals surface area contributed by atoms with Crippen LogP contribution in [0.25, 0.3) is 11.5 Å². The van der Waals surface area contributed by atoms with E-state index >= 15 is 0 Å². The zero-order valence-electron chi connectivity index (χ0n) is 12.5. The molecule has 122 valence electrons. The lowest BCUT2D eigenvalue weighted by Gasteiger charge is -2.10. The van der Waals surface area contributed by atoms with E-state index in [0.717, 1.165) is 0 Å². The molecule has 0 aliphatic rings. The van der Waals surface area contributed by atoms with Crippen LogP contribution in [0, 0.1) is 15.9 Å². The molecule has 3 aromatic rings. The summed E-state index contributed by atoms with van der Waals surface area (Å²) in [6, 6.07) is 11.6. The Kier molecular flexibility index (Phi) is 4.19. The van der Waals surface area contributed by atoms with Crippen LogP contribution in [0.3, 0.4) is 0 Å². The summed E-state index contributed by atoms with van der Waals surface area (Å²) in [5.74, 6) is 0.110. The molecular weight excluding hydrogens is 317 g/mol. The van der Waals surface area contributed by atoms with Crippen molar-refractivity contribution in [2.75, 3.05) is 0 Å². The fourth-order valence-electron chi connectivity index (χ4n) is 2.06. The maximum Gasteiger partial charge on any atom is 0.310 e. The number of ether oxygens (including phenoxy) is 1. The van der Waals surface area contributed by atoms with Gasteiger partial charge in [-0.25, -0.2) is 4.39 Å². The maximum absolute atomic E-state index is 12.9. The van der Waals surface area contributed by atoms with Crippen molar-refractivity contribution in [3.05, 3.63) is 70.4 Å². The van der Waals surface area contributed by atoms with Crippen LogP contribution >= 0.6 is 0 Å². The lowest BCUT2D eigenvalue weighted by atomic mass is 10.2. The largest absolute Gasteiger partial charge is 0.474 e. The van der Waals surface area contributed by atoms with E-state index in [4.69, 9.17) is 9.15 Å². The third-order valence-electron chi connectivity index (χ3n) is 3.25. The lowest BCUT2D eigenvalue weighted by Crippen LogP contribution is -2.05. The summed E-state index contributed by atoms with van der Waals surface area (Å²) in [7, 11) is 0. The molecule has 1 aromatic heterocycles. The summed E-state index contributed by atoms with van der Waals surface area (Å²) in [6.45, 7) is 1.64. The van der Waals surface area contributed by atoms with Crippen LogP contribution in [0.2, 0.25) is 0 Å². The Morgan fingerprint density at radius 2 is 1.88 bits per heavy atom. The van der Waals surface area contributed by atoms with Gasteiger partial charge in [-0.05, 0) is 37.3 Å². The van der Waals surface area contributed by atoms with E-state index in [2.05, 4.69) is 10.2 Å². The van der Waals surface area contributed by atoms with Gasteiger partial charge in [0.15, 0.2) is 11.9 Å². The molecule has 0 spiro atoms. The number of nitro benzene ring substituents is 1. The molecule has 1 heterocycles. The summed E-state index contributed by atoms with van der Waals surface area (Å²) in [5.41, 5.74) is 0.413. The molecule has 7 nitrogen and oxygen atoms in total. The Hall–Kier alpha value is -3.29. The Morgan fingerprint density at radius 3 is 2.58 bits per heavy atom. The number of nitrogens with zero attached hydrogens (tertiary/aromatic N) is 3. The normalized spacial score (nSPS) is 11.9. The average molecular weight is 329 g/mol. The molecule has 3 rings (SSSR count). The first-order chi connectivity index (χ1) is 11.5. The van der Waals surface area contributed by atoms with Crippen molar-refractivity contribution in [3.8, 4) is 17.2 Å². The monoisotopic (exact) mass is 329 g/mol. The second-order valence-corrected chi connectivity index (χ2v) is 4.94. The number of nitro groups is 1. The predicted octanol–water partition coefficient (Wildman–Crippen LogP) is 3.92. The van der Waals surface area contributed by atoms with Crippen molar-refractivity contribution < 1.29 is 18.5 Å². The zero-order valence-corrected chi connectivity index (χ0v) is 12.5. The summed E-state index contributed by atoms with van der Waals surface area (Å²) in [5, 5.41) is 18.8. The summed E-state index contributed by atoms with van der Waals surface area (Å²) >= 11 is 0. The molecule has 0 aliphatic carbocycles. The Bertz CT molecular complexity index is 864. The first-order valence-corrected chi connectivity index (χ1v) is 7.04. The van der Waals surface area contributed by atoms with Crippen molar-refractivity contribution in [2.24, 2.45) is 0 Å². The zero-order chi connectivity index (χ0) is 17.1. The number of para-hydroxylation sites is 2. The standard InChI is InChI=1S/C16H12FN3O4/c1-10(23-14-5-3-2-4-13(14)20(21)22)15-18-19-16(24-15)11-6-8-12(17)9-7-11/h2-10H,1H3/t10-/m0/s1. The van der Waals surface area contributed by atoms with Gasteiger partial charge >= 0.3 is 5.69 Å². The Labute approximate surface area is 135 Å². The number of halogens is 1. The molecule has 24 heavy (non-hydrogen) atoms. The van der Waals surface area contributed by atoms with Gasteiger partial charge in [-0.15, -0.1) is 10.2 Å². The van der Waals surface area contributed by atoms with E-state index in [1.165, 1.54) is 36.4 Å². The van der Waals surface area contributed by atoms with Gasteiger partial charge < -0.3 is 9.15 Å². The minimum atomic E-state index is -0.687. The molecule has 0 unspecified atom stereocenters. The molecule has 0 radical (unpaired) electrons. The highest BCUT2D eigenvalue weighted by atomic mass is 19.1. The maximum atomic E-state index is 12.9. The molecule has 0 aliphatic heterocycles. The van der Waals surface area contributed by atoms with Gasteiger partial charge in [0.05, 0.1) is 4.92 Å². The van der Waals surface area contributed by atoms with Crippen LogP contribution in [0.15, 0.2) is 52.9 Å². The summed E-state index contributed by atoms with van der Waals surface area (Å²) < 4.78 is 24.0. The third kappa shape index (κ3) is 3.22. The van der Waals surface area contributed by atoms with Crippen molar-refractivity contribution in [1.29, 1.82) is 0 Å². The van der Waals surface area contributed by atoms with Gasteiger partial charge in [0.25, 0.3) is 5.89 Å². The first-order valence-electron chi connectivity index (χ1n) is 7.04. The smallest absolute Gasteiger partial charge is 0.310 e. The topological polar surface area (TPSA) is 91.3 Å². The van der Waals surface area contributed by atoms with Crippen LogP contribution < -0.4 is 4.74 Å². The molecule has 0 saturated heterocycles. The van der Waals surface area contributed by atoms with Crippen LogP contribution in [0.4, 0.5) is 10.1 Å². The molecule has 0 amide bonds. The second-order valence-electron chi connectivity index (χ2n) is 4.94. The van der Waals surface area contributed by atoms with E-state index < -0.39 is 11.0 Å². The fourth-order valence-corrected chi connectivity index (χ4v) is 2.06. The molecule has 0 N–H and O–H groups in total. The lowest BCUT2D eigenvalue weighted by molar-refractivity contribution is -0.386. The number of benzene rings is 2. The van der Waals surface area contributed by atoms with Gasteiger partial charge in [0.1, 0.15) is 5.82 Å². The predicted molar refractivity (Wildman–Crippen MR) is 81.8 cm³/mol. The van der Waals surface area contributed by atoms with Crippen LogP contribution in [0.5, 0.6) is 5.75 Å². The molecule has 0 saturated carbocycles. The quantitative estimate of drug-likeness (QED) is 0.520. The van der Waals surface area contributed by atoms with Gasteiger partial charge in [-0.2, -0.15) is 0 Å². The molecule has 0 fully saturated rings. The highest BCUT2D eigenvalue weighted by molar-refractivity contribution is 5.52. The number of rotatable bonds is 5. The number of hydrogen-bond acceptors (Lipinski definition) is 6. The summed E-state index contributed by atoms with van der Waals surface area (Å²) in [4.78, 5) is 10.5. The van der Waals surface area contributed by atoms with E-state index in [1.54, 1.807) is 19.1 Å². The molecule has 2 aromatic carbocycles. The summed E-state index contributed by atoms with van der Waals surface area (Å²) in [6.07, 6.45) is -0.687. The average Bonchev–Trinajstić information content (AvgIpc) is 3.06. The van der Waals surface area contributed by atoms with Gasteiger partial charge in [0, 0.05) is 11.6 Å². The van der Waals surface area contributed by atoms with Crippen molar-refractivity contribution in [3.63, 3.8) is 0 Å². The van der Waals surface area contributed by atoms with E-state index in [9.17, 15) is 14.5 Å². The molecule has 0 bridgehead atoms. The van der Waals surface area contributed by atoms with Crippen LogP contribution in [-0.4, -0.2) is 15.1 Å². The van der Waals surface area contributed by atoms with E-state index in [-0.39, 0.29) is 29.0 Å². The third-order valence-corrected chi connectivity index (χ3v) is 3.25. The molecule has 8 heteroatoms. The molecule has 1 atom stereocenters. The van der Waals surface area contributed by atoms with Crippen LogP contribution in [-0.2, 0) is 0 Å². The number of aromatic nitrogens is 2.